The van der Waals surface area contributed by atoms with Gasteiger partial charge in [-0.3, -0.25) is 4.57 Å². The lowest BCUT2D eigenvalue weighted by Crippen LogP contribution is -2.36. The molecule has 0 saturated carbocycles. The van der Waals surface area contributed by atoms with Crippen molar-refractivity contribution in [3.8, 4) is 0 Å². The van der Waals surface area contributed by atoms with E-state index in [0.29, 0.717) is 19.0 Å². The smallest absolute Gasteiger partial charge is 0.319 e. The molecule has 0 aliphatic heterocycles. The fourth-order valence-electron chi connectivity index (χ4n) is 1.78. The topological polar surface area (TPSA) is 67.1 Å². The minimum absolute atomic E-state index is 0.0730. The van der Waals surface area contributed by atoms with Gasteiger partial charge in [-0.15, -0.1) is 11.3 Å². The molecule has 0 unspecified atom stereocenters. The van der Waals surface area contributed by atoms with E-state index in [1.807, 2.05) is 20.0 Å². The van der Waals surface area contributed by atoms with Crippen molar-refractivity contribution >= 4 is 17.3 Å². The van der Waals surface area contributed by atoms with E-state index in [9.17, 15) is 8.78 Å². The van der Waals surface area contributed by atoms with E-state index in [4.69, 9.17) is 0 Å². The summed E-state index contributed by atoms with van der Waals surface area (Å²) in [5, 5.41) is 7.13. The molecule has 0 atom stereocenters. The number of nitrogens with zero attached hydrogens (tertiary/aromatic N) is 4. The lowest BCUT2D eigenvalue weighted by Gasteiger charge is -2.10. The number of guanidine groups is 1. The first kappa shape index (κ1) is 16.3. The summed E-state index contributed by atoms with van der Waals surface area (Å²) in [5.74, 6) is 0.761. The van der Waals surface area contributed by atoms with Crippen LogP contribution in [0, 0.1) is 6.92 Å². The highest BCUT2D eigenvalue weighted by atomic mass is 32.1. The Kier molecular flexibility index (Phi) is 5.82. The van der Waals surface area contributed by atoms with E-state index in [2.05, 4.69) is 25.6 Å². The maximum Gasteiger partial charge on any atom is 0.319 e. The van der Waals surface area contributed by atoms with Crippen LogP contribution in [0.4, 0.5) is 8.78 Å². The average Bonchev–Trinajstić information content (AvgIpc) is 3.10. The highest BCUT2D eigenvalue weighted by molar-refractivity contribution is 7.11. The highest BCUT2D eigenvalue weighted by Crippen LogP contribution is 2.13. The van der Waals surface area contributed by atoms with E-state index in [0.717, 1.165) is 14.5 Å². The second-order valence-corrected chi connectivity index (χ2v) is 5.76. The van der Waals surface area contributed by atoms with Crippen LogP contribution in [0.15, 0.2) is 23.6 Å². The number of thiazole rings is 1. The van der Waals surface area contributed by atoms with E-state index < -0.39 is 6.55 Å². The maximum atomic E-state index is 12.7. The third-order valence-corrected chi connectivity index (χ3v) is 3.67. The Hall–Kier alpha value is -2.03. The van der Waals surface area contributed by atoms with Crippen LogP contribution in [0.25, 0.3) is 0 Å². The normalized spacial score (nSPS) is 12.0. The van der Waals surface area contributed by atoms with Crippen LogP contribution in [-0.2, 0) is 13.1 Å². The second-order valence-electron chi connectivity index (χ2n) is 4.44. The molecule has 0 aromatic carbocycles. The third-order valence-electron chi connectivity index (χ3n) is 2.76. The number of hydrogen-bond donors (Lipinski definition) is 2. The number of aliphatic imine (C=N–C) groups is 1. The molecule has 0 fully saturated rings. The predicted molar refractivity (Wildman–Crippen MR) is 82.0 cm³/mol. The molecule has 2 rings (SSSR count). The summed E-state index contributed by atoms with van der Waals surface area (Å²) in [6.07, 6.45) is 4.40. The first-order valence-electron chi connectivity index (χ1n) is 6.83. The van der Waals surface area contributed by atoms with Gasteiger partial charge in [-0.1, -0.05) is 0 Å². The lowest BCUT2D eigenvalue weighted by molar-refractivity contribution is 0.0671. The van der Waals surface area contributed by atoms with E-state index in [1.165, 1.54) is 12.4 Å². The second kappa shape index (κ2) is 7.83. The Morgan fingerprint density at radius 3 is 2.86 bits per heavy atom. The van der Waals surface area contributed by atoms with Crippen LogP contribution in [0.2, 0.25) is 0 Å². The molecule has 0 aliphatic carbocycles. The Morgan fingerprint density at radius 2 is 2.23 bits per heavy atom. The van der Waals surface area contributed by atoms with Crippen molar-refractivity contribution in [2.75, 3.05) is 6.54 Å². The van der Waals surface area contributed by atoms with Gasteiger partial charge in [0.05, 0.1) is 6.54 Å². The summed E-state index contributed by atoms with van der Waals surface area (Å²) in [4.78, 5) is 13.6. The zero-order chi connectivity index (χ0) is 15.9. The molecule has 2 aromatic rings. The number of nitrogens with one attached hydrogen (secondary N) is 2. The summed E-state index contributed by atoms with van der Waals surface area (Å²) in [5.41, 5.74) is 0. The van der Waals surface area contributed by atoms with Crippen LogP contribution in [0.3, 0.4) is 0 Å². The van der Waals surface area contributed by atoms with E-state index >= 15 is 0 Å². The third kappa shape index (κ3) is 4.48. The summed E-state index contributed by atoms with van der Waals surface area (Å²) in [6.45, 7) is 2.60. The Labute approximate surface area is 131 Å². The highest BCUT2D eigenvalue weighted by Gasteiger charge is 2.11. The number of alkyl halides is 2. The van der Waals surface area contributed by atoms with Crippen molar-refractivity contribution in [2.24, 2.45) is 4.99 Å². The molecule has 2 N–H and O–H groups in total. The van der Waals surface area contributed by atoms with Crippen molar-refractivity contribution in [2.45, 2.75) is 33.5 Å². The van der Waals surface area contributed by atoms with Gasteiger partial charge in [-0.05, 0) is 13.8 Å². The van der Waals surface area contributed by atoms with E-state index in [-0.39, 0.29) is 12.4 Å². The van der Waals surface area contributed by atoms with Gasteiger partial charge >= 0.3 is 6.55 Å². The number of hydrogen-bond acceptors (Lipinski definition) is 4. The quantitative estimate of drug-likeness (QED) is 0.631. The van der Waals surface area contributed by atoms with Crippen molar-refractivity contribution < 1.29 is 8.78 Å². The summed E-state index contributed by atoms with van der Waals surface area (Å²) < 4.78 is 26.3. The fraction of sp³-hybridized carbons (Fsp3) is 0.462. The maximum absolute atomic E-state index is 12.7. The molecule has 0 amide bonds. The molecular formula is C13H18F2N6S. The molecular weight excluding hydrogens is 310 g/mol. The van der Waals surface area contributed by atoms with Crippen molar-refractivity contribution in [1.82, 2.24) is 25.2 Å². The molecule has 0 spiro atoms. The summed E-state index contributed by atoms with van der Waals surface area (Å²) >= 11 is 1.60. The van der Waals surface area contributed by atoms with Crippen LogP contribution in [0.1, 0.15) is 29.2 Å². The van der Waals surface area contributed by atoms with E-state index in [1.54, 1.807) is 11.3 Å². The molecule has 9 heteroatoms. The number of rotatable bonds is 6. The van der Waals surface area contributed by atoms with Gasteiger partial charge in [-0.25, -0.2) is 15.0 Å². The Bertz CT molecular complexity index is 622. The Balaban J connectivity index is 1.98. The first-order valence-corrected chi connectivity index (χ1v) is 7.65. The van der Waals surface area contributed by atoms with Gasteiger partial charge < -0.3 is 10.6 Å². The molecule has 120 valence electrons. The Morgan fingerprint density at radius 1 is 1.41 bits per heavy atom. The minimum Gasteiger partial charge on any atom is -0.357 e. The zero-order valence-electron chi connectivity index (χ0n) is 12.4. The first-order chi connectivity index (χ1) is 10.6. The van der Waals surface area contributed by atoms with Gasteiger partial charge in [-0.2, -0.15) is 8.78 Å². The largest absolute Gasteiger partial charge is 0.357 e. The fourth-order valence-corrected chi connectivity index (χ4v) is 2.50. The minimum atomic E-state index is -2.61. The van der Waals surface area contributed by atoms with Crippen molar-refractivity contribution in [3.05, 3.63) is 34.3 Å². The number of halogens is 2. The van der Waals surface area contributed by atoms with Crippen LogP contribution >= 0.6 is 11.3 Å². The molecule has 0 aliphatic rings. The van der Waals surface area contributed by atoms with Gasteiger partial charge in [0.1, 0.15) is 17.4 Å². The van der Waals surface area contributed by atoms with Crippen molar-refractivity contribution in [1.29, 1.82) is 0 Å². The molecule has 0 saturated heterocycles. The molecule has 2 heterocycles. The molecule has 2 aromatic heterocycles. The number of aryl methyl sites for hydroxylation is 1. The molecule has 0 bridgehead atoms. The monoisotopic (exact) mass is 328 g/mol. The number of imidazole rings is 1. The molecule has 22 heavy (non-hydrogen) atoms. The molecule has 0 radical (unpaired) electrons. The van der Waals surface area contributed by atoms with Crippen LogP contribution < -0.4 is 10.6 Å². The zero-order valence-corrected chi connectivity index (χ0v) is 13.2. The van der Waals surface area contributed by atoms with Crippen molar-refractivity contribution in [3.63, 3.8) is 0 Å². The number of aromatic nitrogens is 3. The summed E-state index contributed by atoms with van der Waals surface area (Å²) in [7, 11) is 0. The summed E-state index contributed by atoms with van der Waals surface area (Å²) in [6, 6.07) is 0. The predicted octanol–water partition coefficient (Wildman–Crippen LogP) is 2.30. The SMILES string of the molecule is CCNC(=NCc1nccn1C(F)F)NCc1ncc(C)s1. The van der Waals surface area contributed by atoms with Crippen LogP contribution in [-0.4, -0.2) is 27.0 Å². The van der Waals surface area contributed by atoms with Gasteiger partial charge in [0, 0.05) is 30.0 Å². The molecule has 6 nitrogen and oxygen atoms in total. The van der Waals surface area contributed by atoms with Crippen LogP contribution in [0.5, 0.6) is 0 Å². The van der Waals surface area contributed by atoms with Gasteiger partial charge in [0.2, 0.25) is 0 Å². The van der Waals surface area contributed by atoms with Gasteiger partial charge in [0.25, 0.3) is 0 Å². The van der Waals surface area contributed by atoms with Gasteiger partial charge in [0.15, 0.2) is 5.96 Å². The lowest BCUT2D eigenvalue weighted by atomic mass is 10.5. The standard InChI is InChI=1S/C13H18F2N6S/c1-3-16-13(20-8-11-18-6-9(2)22-11)19-7-10-17-4-5-21(10)12(14)15/h4-6,12H,3,7-8H2,1-2H3,(H2,16,19,20). The average molecular weight is 328 g/mol.